The van der Waals surface area contributed by atoms with Crippen LogP contribution in [0.3, 0.4) is 0 Å². The van der Waals surface area contributed by atoms with E-state index in [1.54, 1.807) is 0 Å². The van der Waals surface area contributed by atoms with Crippen LogP contribution in [-0.4, -0.2) is 35.4 Å². The summed E-state index contributed by atoms with van der Waals surface area (Å²) in [6.45, 7) is 2.85. The Bertz CT molecular complexity index is 419. The van der Waals surface area contributed by atoms with Crippen molar-refractivity contribution in [3.8, 4) is 0 Å². The van der Waals surface area contributed by atoms with Gasteiger partial charge in [0.15, 0.2) is 5.78 Å². The van der Waals surface area contributed by atoms with E-state index in [2.05, 4.69) is 22.1 Å². The number of ketones is 1. The molecule has 0 saturated carbocycles. The molecule has 1 radical (unpaired) electrons. The summed E-state index contributed by atoms with van der Waals surface area (Å²) < 4.78 is 0. The van der Waals surface area contributed by atoms with E-state index in [0.717, 1.165) is 12.8 Å². The van der Waals surface area contributed by atoms with Gasteiger partial charge in [-0.05, 0) is 38.8 Å². The Morgan fingerprint density at radius 2 is 1.55 bits per heavy atom. The average molecular weight is 419 g/mol. The molecular formula is C15H20N2O2Tb. The van der Waals surface area contributed by atoms with Crippen molar-refractivity contribution in [2.75, 3.05) is 0 Å². The molecule has 2 atom stereocenters. The Kier molecular flexibility index (Phi) is 10.7. The molecule has 0 bridgehead atoms. The fourth-order valence-corrected chi connectivity index (χ4v) is 1.81. The molecular weight excluding hydrogens is 399 g/mol. The van der Waals surface area contributed by atoms with Gasteiger partial charge < -0.3 is 5.11 Å². The molecule has 0 aromatic carbocycles. The zero-order valence-electron chi connectivity index (χ0n) is 11.7. The van der Waals surface area contributed by atoms with Gasteiger partial charge in [0.25, 0.3) is 0 Å². The number of dihydropyridines is 2. The van der Waals surface area contributed by atoms with Crippen LogP contribution in [0, 0.1) is 38.6 Å². The second-order valence-electron chi connectivity index (χ2n) is 4.46. The second kappa shape index (κ2) is 11.0. The first-order valence-corrected chi connectivity index (χ1v) is 6.34. The monoisotopic (exact) mass is 419 g/mol. The minimum absolute atomic E-state index is 0. The van der Waals surface area contributed by atoms with Crippen LogP contribution in [0.2, 0.25) is 0 Å². The van der Waals surface area contributed by atoms with Gasteiger partial charge in [-0.3, -0.25) is 14.8 Å². The van der Waals surface area contributed by atoms with Gasteiger partial charge >= 0.3 is 0 Å². The van der Waals surface area contributed by atoms with Crippen molar-refractivity contribution in [3.05, 3.63) is 36.1 Å². The SMILES string of the molecule is C1=CCC(C2CC=CC=N2)N=C1.CC(=O)/C=C(/C)O.[Tb]. The zero-order valence-corrected chi connectivity index (χ0v) is 13.8. The van der Waals surface area contributed by atoms with Crippen molar-refractivity contribution in [1.82, 2.24) is 0 Å². The van der Waals surface area contributed by atoms with Gasteiger partial charge in [-0.1, -0.05) is 12.2 Å². The van der Waals surface area contributed by atoms with E-state index in [4.69, 9.17) is 5.11 Å². The maximum absolute atomic E-state index is 10.0. The molecule has 111 valence electrons. The molecule has 0 aliphatic carbocycles. The molecule has 0 saturated heterocycles. The summed E-state index contributed by atoms with van der Waals surface area (Å²) in [5, 5.41) is 8.36. The van der Waals surface area contributed by atoms with Crippen molar-refractivity contribution < 1.29 is 48.5 Å². The van der Waals surface area contributed by atoms with Gasteiger partial charge in [0.2, 0.25) is 0 Å². The summed E-state index contributed by atoms with van der Waals surface area (Å²) >= 11 is 0. The maximum atomic E-state index is 10.0. The van der Waals surface area contributed by atoms with Gasteiger partial charge in [0.1, 0.15) is 0 Å². The Hall–Kier alpha value is -0.684. The number of aliphatic hydroxyl groups is 1. The van der Waals surface area contributed by atoms with Crippen LogP contribution in [-0.2, 0) is 4.79 Å². The molecule has 20 heavy (non-hydrogen) atoms. The maximum Gasteiger partial charge on any atom is 0.155 e. The van der Waals surface area contributed by atoms with Gasteiger partial charge in [0.05, 0.1) is 17.8 Å². The summed E-state index contributed by atoms with van der Waals surface area (Å²) in [5.41, 5.74) is 0. The minimum atomic E-state index is -0.125. The molecule has 0 aromatic heterocycles. The van der Waals surface area contributed by atoms with Crippen molar-refractivity contribution in [2.45, 2.75) is 38.8 Å². The van der Waals surface area contributed by atoms with Crippen LogP contribution in [0.5, 0.6) is 0 Å². The number of hydrogen-bond donors (Lipinski definition) is 1. The number of nitrogens with zero attached hydrogens (tertiary/aromatic N) is 2. The summed E-state index contributed by atoms with van der Waals surface area (Å²) in [7, 11) is 0. The van der Waals surface area contributed by atoms with E-state index in [-0.39, 0.29) is 50.2 Å². The molecule has 0 spiro atoms. The molecule has 4 nitrogen and oxygen atoms in total. The molecule has 2 unspecified atom stereocenters. The molecule has 2 heterocycles. The topological polar surface area (TPSA) is 62.0 Å². The Balaban J connectivity index is 0.000000396. The Labute approximate surface area is 150 Å². The van der Waals surface area contributed by atoms with Crippen LogP contribution in [0.4, 0.5) is 0 Å². The summed E-state index contributed by atoms with van der Waals surface area (Å²) in [6.07, 6.45) is 15.3. The predicted octanol–water partition coefficient (Wildman–Crippen LogP) is 2.82. The minimum Gasteiger partial charge on any atom is -0.512 e. The number of aliphatic hydroxyl groups excluding tert-OH is 1. The third-order valence-electron chi connectivity index (χ3n) is 2.61. The first kappa shape index (κ1) is 19.3. The quantitative estimate of drug-likeness (QED) is 0.553. The van der Waals surface area contributed by atoms with E-state index >= 15 is 0 Å². The van der Waals surface area contributed by atoms with Crippen molar-refractivity contribution >= 4 is 18.2 Å². The fourth-order valence-electron chi connectivity index (χ4n) is 1.81. The van der Waals surface area contributed by atoms with Crippen LogP contribution in [0.25, 0.3) is 0 Å². The number of rotatable bonds is 2. The van der Waals surface area contributed by atoms with Crippen LogP contribution >= 0.6 is 0 Å². The second-order valence-corrected chi connectivity index (χ2v) is 4.46. The summed E-state index contributed by atoms with van der Waals surface area (Å²) in [4.78, 5) is 18.8. The Morgan fingerprint density at radius 1 is 1.10 bits per heavy atom. The first-order chi connectivity index (χ1) is 9.09. The summed E-state index contributed by atoms with van der Waals surface area (Å²) in [6, 6.07) is 0.743. The van der Waals surface area contributed by atoms with E-state index in [1.807, 2.05) is 24.6 Å². The molecule has 0 amide bonds. The van der Waals surface area contributed by atoms with E-state index in [0.29, 0.717) is 12.1 Å². The van der Waals surface area contributed by atoms with Gasteiger partial charge in [-0.2, -0.15) is 0 Å². The number of aliphatic imine (C=N–C) groups is 2. The summed E-state index contributed by atoms with van der Waals surface area (Å²) in [5.74, 6) is -0.0625. The Morgan fingerprint density at radius 3 is 1.75 bits per heavy atom. The first-order valence-electron chi connectivity index (χ1n) is 6.34. The predicted molar refractivity (Wildman–Crippen MR) is 79.1 cm³/mol. The fraction of sp³-hybridized carbons (Fsp3) is 0.400. The van der Waals surface area contributed by atoms with Crippen molar-refractivity contribution in [2.24, 2.45) is 9.98 Å². The molecule has 2 aliphatic heterocycles. The van der Waals surface area contributed by atoms with Crippen LogP contribution in [0.15, 0.2) is 46.1 Å². The molecule has 2 rings (SSSR count). The van der Waals surface area contributed by atoms with E-state index < -0.39 is 0 Å². The van der Waals surface area contributed by atoms with E-state index in [1.165, 1.54) is 19.9 Å². The number of carbonyl (C=O) groups excluding carboxylic acids is 1. The smallest absolute Gasteiger partial charge is 0.155 e. The van der Waals surface area contributed by atoms with Crippen LogP contribution in [0.1, 0.15) is 26.7 Å². The normalized spacial score (nSPS) is 23.6. The van der Waals surface area contributed by atoms with Gasteiger partial charge in [-0.15, -0.1) is 0 Å². The third-order valence-corrected chi connectivity index (χ3v) is 2.61. The van der Waals surface area contributed by atoms with E-state index in [9.17, 15) is 4.79 Å². The molecule has 0 aromatic rings. The molecule has 1 N–H and O–H groups in total. The van der Waals surface area contributed by atoms with Crippen LogP contribution < -0.4 is 0 Å². The standard InChI is InChI=1S/C10H12N2.C5H8O2.Tb/c1-3-7-11-9(5-1)10-6-2-4-8-12-10;1-4(6)3-5(2)7;/h1-4,7-10H,5-6H2;3,6H,1-2H3;/b;4-3-;. The zero-order chi connectivity index (χ0) is 14.1. The number of hydrogen-bond acceptors (Lipinski definition) is 4. The molecule has 0 fully saturated rings. The molecule has 5 heteroatoms. The average Bonchev–Trinajstić information content (AvgIpc) is 2.40. The largest absolute Gasteiger partial charge is 0.512 e. The number of carbonyl (C=O) groups is 1. The van der Waals surface area contributed by atoms with Gasteiger partial charge in [-0.25, -0.2) is 0 Å². The van der Waals surface area contributed by atoms with Crippen molar-refractivity contribution in [3.63, 3.8) is 0 Å². The third kappa shape index (κ3) is 8.48. The van der Waals surface area contributed by atoms with Crippen molar-refractivity contribution in [1.29, 1.82) is 0 Å². The molecule has 2 aliphatic rings. The van der Waals surface area contributed by atoms with Gasteiger partial charge in [0, 0.05) is 57.1 Å². The number of allylic oxidation sites excluding steroid dienone is 4.